The van der Waals surface area contributed by atoms with E-state index < -0.39 is 46.8 Å². The maximum absolute atomic E-state index is 15.4. The number of halogens is 3. The molecular formula is C39H32BrCl2N3O7S. The number of allylic oxidation sites excluding steroid dienone is 2. The third kappa shape index (κ3) is 5.47. The molecule has 0 radical (unpaired) electrons. The van der Waals surface area contributed by atoms with Crippen LogP contribution in [-0.4, -0.2) is 52.9 Å². The van der Waals surface area contributed by atoms with Gasteiger partial charge in [0.05, 0.1) is 59.1 Å². The summed E-state index contributed by atoms with van der Waals surface area (Å²) in [6.07, 6.45) is 2.38. The first kappa shape index (κ1) is 35.7. The number of ether oxygens (including phenoxy) is 2. The van der Waals surface area contributed by atoms with Gasteiger partial charge < -0.3 is 14.6 Å². The van der Waals surface area contributed by atoms with Crippen molar-refractivity contribution in [3.63, 3.8) is 0 Å². The molecule has 8 rings (SSSR count). The van der Waals surface area contributed by atoms with Crippen LogP contribution in [0.4, 0.5) is 5.69 Å². The molecule has 6 unspecified atom stereocenters. The van der Waals surface area contributed by atoms with E-state index in [1.165, 1.54) is 29.4 Å². The average molecular weight is 838 g/mol. The van der Waals surface area contributed by atoms with Gasteiger partial charge in [0.25, 0.3) is 11.8 Å². The van der Waals surface area contributed by atoms with Crippen molar-refractivity contribution >= 4 is 79.8 Å². The number of benzene rings is 3. The molecule has 2 N–H and O–H groups in total. The first-order valence-corrected chi connectivity index (χ1v) is 19.3. The first-order chi connectivity index (χ1) is 25.5. The second-order valence-corrected chi connectivity index (χ2v) is 16.3. The van der Waals surface area contributed by atoms with Gasteiger partial charge in [0.1, 0.15) is 5.75 Å². The molecule has 2 aliphatic heterocycles. The lowest BCUT2D eigenvalue weighted by molar-refractivity contribution is -0.141. The van der Waals surface area contributed by atoms with Crippen molar-refractivity contribution < 1.29 is 33.8 Å². The van der Waals surface area contributed by atoms with E-state index in [1.54, 1.807) is 55.6 Å². The maximum atomic E-state index is 15.4. The molecule has 10 nitrogen and oxygen atoms in total. The fourth-order valence-corrected chi connectivity index (χ4v) is 10.5. The number of imide groups is 2. The van der Waals surface area contributed by atoms with Crippen molar-refractivity contribution in [3.8, 4) is 17.2 Å². The van der Waals surface area contributed by atoms with Crippen molar-refractivity contribution in [3.05, 3.63) is 114 Å². The molecule has 2 aliphatic carbocycles. The largest absolute Gasteiger partial charge is 0.503 e. The van der Waals surface area contributed by atoms with Gasteiger partial charge >= 0.3 is 0 Å². The molecule has 1 aromatic heterocycles. The Kier molecular flexibility index (Phi) is 9.08. The zero-order valence-electron chi connectivity index (χ0n) is 28.3. The minimum absolute atomic E-state index is 0.120. The van der Waals surface area contributed by atoms with Crippen LogP contribution in [0, 0.1) is 23.7 Å². The minimum atomic E-state index is -1.56. The van der Waals surface area contributed by atoms with Gasteiger partial charge in [-0.3, -0.25) is 29.5 Å². The van der Waals surface area contributed by atoms with Crippen molar-refractivity contribution in [2.45, 2.75) is 30.7 Å². The highest BCUT2D eigenvalue weighted by molar-refractivity contribution is 9.10. The molecule has 53 heavy (non-hydrogen) atoms. The lowest BCUT2D eigenvalue weighted by Crippen LogP contribution is -2.53. The number of hydrogen-bond acceptors (Lipinski definition) is 9. The molecule has 0 bridgehead atoms. The van der Waals surface area contributed by atoms with Crippen molar-refractivity contribution in [2.24, 2.45) is 23.7 Å². The Morgan fingerprint density at radius 1 is 0.962 bits per heavy atom. The summed E-state index contributed by atoms with van der Waals surface area (Å²) in [7, 11) is 2.97. The summed E-state index contributed by atoms with van der Waals surface area (Å²) >= 11 is 17.7. The number of methoxy groups -OCH3 is 2. The van der Waals surface area contributed by atoms with E-state index in [9.17, 15) is 19.5 Å². The lowest BCUT2D eigenvalue weighted by atomic mass is 9.49. The monoisotopic (exact) mass is 835 g/mol. The SMILES string of the molecule is COc1ccc(C23C(=O)N(Nc4ccc(Cl)cc4Cl)C(=O)C2CC2C(=CCC4C(=O)N(Cc5cccs5)C(=O)C42)C3c2cc(Br)c(O)c(OC)c2)cc1. The highest BCUT2D eigenvalue weighted by Crippen LogP contribution is 2.65. The fraction of sp³-hybridized carbons (Fsp3) is 0.282. The molecule has 4 amide bonds. The number of carbonyl (C=O) groups is 4. The maximum Gasteiger partial charge on any atom is 0.260 e. The molecule has 2 saturated heterocycles. The van der Waals surface area contributed by atoms with E-state index in [2.05, 4.69) is 21.4 Å². The number of fused-ring (bicyclic) bond motifs is 4. The van der Waals surface area contributed by atoms with Crippen LogP contribution in [-0.2, 0) is 31.1 Å². The Morgan fingerprint density at radius 3 is 2.42 bits per heavy atom. The normalized spacial score (nSPS) is 26.3. The molecule has 3 aromatic carbocycles. The van der Waals surface area contributed by atoms with Crippen LogP contribution in [0.5, 0.6) is 17.2 Å². The number of nitrogens with zero attached hydrogens (tertiary/aromatic N) is 2. The van der Waals surface area contributed by atoms with Crippen LogP contribution < -0.4 is 14.9 Å². The van der Waals surface area contributed by atoms with Crippen LogP contribution in [0.1, 0.15) is 34.8 Å². The number of amides is 4. The second kappa shape index (κ2) is 13.5. The third-order valence-corrected chi connectivity index (χ3v) is 13.2. The van der Waals surface area contributed by atoms with Crippen LogP contribution >= 0.6 is 50.5 Å². The predicted octanol–water partition coefficient (Wildman–Crippen LogP) is 7.73. The Labute approximate surface area is 327 Å². The Balaban J connectivity index is 1.34. The summed E-state index contributed by atoms with van der Waals surface area (Å²) in [6, 6.07) is 18.9. The minimum Gasteiger partial charge on any atom is -0.503 e. The Bertz CT molecular complexity index is 2210. The summed E-state index contributed by atoms with van der Waals surface area (Å²) in [5.74, 6) is -4.75. The molecule has 3 heterocycles. The average Bonchev–Trinajstić information content (AvgIpc) is 3.82. The van der Waals surface area contributed by atoms with E-state index in [1.807, 2.05) is 23.6 Å². The van der Waals surface area contributed by atoms with Crippen LogP contribution in [0.2, 0.25) is 10.0 Å². The van der Waals surface area contributed by atoms with Gasteiger partial charge in [0.2, 0.25) is 11.8 Å². The zero-order valence-corrected chi connectivity index (χ0v) is 32.3. The predicted molar refractivity (Wildman–Crippen MR) is 203 cm³/mol. The van der Waals surface area contributed by atoms with Gasteiger partial charge in [-0.25, -0.2) is 0 Å². The molecule has 4 aromatic rings. The van der Waals surface area contributed by atoms with E-state index >= 15 is 4.79 Å². The van der Waals surface area contributed by atoms with Crippen LogP contribution in [0.3, 0.4) is 0 Å². The smallest absolute Gasteiger partial charge is 0.260 e. The van der Waals surface area contributed by atoms with E-state index in [0.717, 1.165) is 15.5 Å². The zero-order chi connectivity index (χ0) is 37.3. The summed E-state index contributed by atoms with van der Waals surface area (Å²) in [6.45, 7) is 0.173. The van der Waals surface area contributed by atoms with Gasteiger partial charge in [0.15, 0.2) is 11.5 Å². The standard InChI is InChI=1S/C39H32BrCl2N3O7S/c1-51-22-8-5-20(6-9-22)39-27(36(48)45(38(39)50)43-30-12-7-21(41)16-29(30)42)17-26-24(33(39)19-14-28(40)34(46)31(15-19)52-2)10-11-25-32(26)37(49)44(35(25)47)18-23-4-3-13-53-23/h3-10,12-16,25-27,32-33,43,46H,11,17-18H2,1-2H3. The number of phenolic OH excluding ortho intramolecular Hbond substituents is 1. The third-order valence-electron chi connectivity index (χ3n) is 11.2. The molecule has 272 valence electrons. The number of anilines is 1. The highest BCUT2D eigenvalue weighted by atomic mass is 79.9. The molecule has 14 heteroatoms. The summed E-state index contributed by atoms with van der Waals surface area (Å²) in [5.41, 5.74) is 3.62. The number of aromatic hydroxyl groups is 1. The summed E-state index contributed by atoms with van der Waals surface area (Å²) < 4.78 is 11.4. The van der Waals surface area contributed by atoms with Crippen molar-refractivity contribution in [2.75, 3.05) is 19.6 Å². The number of likely N-dealkylation sites (tertiary alicyclic amines) is 1. The number of hydrogen-bond donors (Lipinski definition) is 2. The van der Waals surface area contributed by atoms with Crippen LogP contribution in [0.15, 0.2) is 88.2 Å². The van der Waals surface area contributed by atoms with Crippen molar-refractivity contribution in [1.82, 2.24) is 9.91 Å². The first-order valence-electron chi connectivity index (χ1n) is 16.9. The topological polar surface area (TPSA) is 125 Å². The number of hydrazine groups is 1. The van der Waals surface area contributed by atoms with Gasteiger partial charge in [-0.15, -0.1) is 11.3 Å². The number of nitrogens with one attached hydrogen (secondary N) is 1. The lowest BCUT2D eigenvalue weighted by Gasteiger charge is -2.50. The van der Waals surface area contributed by atoms with Crippen LogP contribution in [0.25, 0.3) is 0 Å². The van der Waals surface area contributed by atoms with E-state index in [-0.39, 0.29) is 47.7 Å². The Morgan fingerprint density at radius 2 is 1.74 bits per heavy atom. The highest BCUT2D eigenvalue weighted by Gasteiger charge is 2.70. The fourth-order valence-electron chi connectivity index (χ4n) is 8.91. The second-order valence-electron chi connectivity index (χ2n) is 13.6. The number of rotatable bonds is 8. The number of phenols is 1. The number of thiophene rings is 1. The van der Waals surface area contributed by atoms with Gasteiger partial charge in [-0.05, 0) is 99.7 Å². The van der Waals surface area contributed by atoms with E-state index in [4.69, 9.17) is 32.7 Å². The number of carbonyl (C=O) groups excluding carboxylic acids is 4. The molecular weight excluding hydrogens is 805 g/mol. The molecule has 6 atom stereocenters. The molecule has 0 spiro atoms. The van der Waals surface area contributed by atoms with E-state index in [0.29, 0.717) is 32.1 Å². The quantitative estimate of drug-likeness (QED) is 0.137. The molecule has 1 saturated carbocycles. The molecule has 3 fully saturated rings. The van der Waals surface area contributed by atoms with Gasteiger partial charge in [0, 0.05) is 15.8 Å². The summed E-state index contributed by atoms with van der Waals surface area (Å²) in [5, 5.41) is 14.4. The Hall–Kier alpha value is -4.36. The van der Waals surface area contributed by atoms with Gasteiger partial charge in [-0.1, -0.05) is 53.1 Å². The van der Waals surface area contributed by atoms with Crippen molar-refractivity contribution in [1.29, 1.82) is 0 Å². The summed E-state index contributed by atoms with van der Waals surface area (Å²) in [4.78, 5) is 60.9. The molecule has 4 aliphatic rings. The van der Waals surface area contributed by atoms with Gasteiger partial charge in [-0.2, -0.15) is 5.01 Å².